The summed E-state index contributed by atoms with van der Waals surface area (Å²) < 4.78 is 6.50. The first-order valence-electron chi connectivity index (χ1n) is 11.6. The van der Waals surface area contributed by atoms with Gasteiger partial charge in [-0.2, -0.15) is 0 Å². The van der Waals surface area contributed by atoms with Gasteiger partial charge in [-0.25, -0.2) is 9.78 Å². The lowest BCUT2D eigenvalue weighted by Crippen LogP contribution is -2.35. The third-order valence-electron chi connectivity index (χ3n) is 6.44. The van der Waals surface area contributed by atoms with Gasteiger partial charge in [0.1, 0.15) is 21.2 Å². The third kappa shape index (κ3) is 3.97. The maximum atomic E-state index is 13.3. The number of nitrogens with one attached hydrogen (secondary N) is 1. The van der Waals surface area contributed by atoms with Crippen molar-refractivity contribution < 1.29 is 9.21 Å². The summed E-state index contributed by atoms with van der Waals surface area (Å²) in [5, 5.41) is 5.38. The van der Waals surface area contributed by atoms with Crippen LogP contribution >= 0.6 is 22.7 Å². The number of hydrogen-bond donors (Lipinski definition) is 1. The Labute approximate surface area is 209 Å². The van der Waals surface area contributed by atoms with Gasteiger partial charge in [0, 0.05) is 35.0 Å². The number of nitrogens with zero attached hydrogens (tertiary/aromatic N) is 2. The largest absolute Gasteiger partial charge is 0.422 e. The molecule has 0 unspecified atom stereocenters. The van der Waals surface area contributed by atoms with E-state index in [0.717, 1.165) is 45.3 Å². The Hall–Kier alpha value is -3.33. The SMILES string of the molecule is CC(C)N1CCc2c(sc(NC(=O)c3cc4ccccc4oc3=O)c2-c2nc3ccccc3s2)C1. The maximum Gasteiger partial charge on any atom is 0.349 e. The zero-order chi connectivity index (χ0) is 24.1. The lowest BCUT2D eigenvalue weighted by molar-refractivity contribution is 0.102. The highest BCUT2D eigenvalue weighted by Gasteiger charge is 2.29. The lowest BCUT2D eigenvalue weighted by Gasteiger charge is -2.30. The van der Waals surface area contributed by atoms with Crippen molar-refractivity contribution in [2.24, 2.45) is 0 Å². The number of hydrogen-bond acceptors (Lipinski definition) is 7. The van der Waals surface area contributed by atoms with E-state index in [9.17, 15) is 9.59 Å². The van der Waals surface area contributed by atoms with Crippen LogP contribution in [0.25, 0.3) is 31.8 Å². The van der Waals surface area contributed by atoms with E-state index in [2.05, 4.69) is 30.1 Å². The molecule has 0 fully saturated rings. The zero-order valence-corrected chi connectivity index (χ0v) is 21.0. The Morgan fingerprint density at radius 1 is 1.11 bits per heavy atom. The first-order valence-corrected chi connectivity index (χ1v) is 13.2. The molecule has 4 heterocycles. The van der Waals surface area contributed by atoms with Gasteiger partial charge in [-0.05, 0) is 50.1 Å². The second-order valence-electron chi connectivity index (χ2n) is 8.95. The van der Waals surface area contributed by atoms with Gasteiger partial charge in [-0.1, -0.05) is 30.3 Å². The molecular weight excluding hydrogens is 478 g/mol. The van der Waals surface area contributed by atoms with Crippen LogP contribution in [0.2, 0.25) is 0 Å². The summed E-state index contributed by atoms with van der Waals surface area (Å²) in [6.45, 7) is 6.20. The monoisotopic (exact) mass is 501 g/mol. The molecule has 0 aliphatic carbocycles. The molecule has 1 aliphatic rings. The molecule has 5 aromatic rings. The first kappa shape index (κ1) is 22.2. The van der Waals surface area contributed by atoms with Crippen LogP contribution in [-0.2, 0) is 13.0 Å². The summed E-state index contributed by atoms with van der Waals surface area (Å²) >= 11 is 3.21. The Morgan fingerprint density at radius 2 is 1.91 bits per heavy atom. The van der Waals surface area contributed by atoms with E-state index in [4.69, 9.17) is 9.40 Å². The van der Waals surface area contributed by atoms with Crippen molar-refractivity contribution in [3.8, 4) is 10.6 Å². The first-order chi connectivity index (χ1) is 17.0. The van der Waals surface area contributed by atoms with Crippen molar-refractivity contribution in [3.63, 3.8) is 0 Å². The number of para-hydroxylation sites is 2. The van der Waals surface area contributed by atoms with Gasteiger partial charge in [0.25, 0.3) is 5.91 Å². The van der Waals surface area contributed by atoms with E-state index >= 15 is 0 Å². The molecule has 2 aromatic carbocycles. The standard InChI is InChI=1S/C27H23N3O3S2/c1-15(2)30-12-11-17-22(14-30)35-26(23(17)25-28-19-8-4-6-10-21(19)34-25)29-24(31)18-13-16-7-3-5-9-20(16)33-27(18)32/h3-10,13,15H,11-12,14H2,1-2H3,(H,29,31). The number of rotatable bonds is 4. The molecule has 0 radical (unpaired) electrons. The van der Waals surface area contributed by atoms with Gasteiger partial charge in [-0.15, -0.1) is 22.7 Å². The number of aromatic nitrogens is 1. The van der Waals surface area contributed by atoms with Crippen LogP contribution < -0.4 is 10.9 Å². The number of thiophene rings is 1. The topological polar surface area (TPSA) is 75.4 Å². The Kier molecular flexibility index (Phi) is 5.51. The number of benzene rings is 2. The van der Waals surface area contributed by atoms with Gasteiger partial charge in [0.2, 0.25) is 0 Å². The number of amides is 1. The number of carbonyl (C=O) groups excluding carboxylic acids is 1. The van der Waals surface area contributed by atoms with Gasteiger partial charge in [0.15, 0.2) is 0 Å². The normalized spacial score (nSPS) is 14.0. The highest BCUT2D eigenvalue weighted by atomic mass is 32.1. The molecule has 1 N–H and O–H groups in total. The summed E-state index contributed by atoms with van der Waals surface area (Å²) in [6, 6.07) is 17.3. The van der Waals surface area contributed by atoms with E-state index < -0.39 is 11.5 Å². The van der Waals surface area contributed by atoms with E-state index in [1.165, 1.54) is 10.4 Å². The van der Waals surface area contributed by atoms with E-state index in [1.54, 1.807) is 40.9 Å². The van der Waals surface area contributed by atoms with Gasteiger partial charge < -0.3 is 9.73 Å². The lowest BCUT2D eigenvalue weighted by atomic mass is 10.0. The van der Waals surface area contributed by atoms with Gasteiger partial charge in [0.05, 0.1) is 10.2 Å². The summed E-state index contributed by atoms with van der Waals surface area (Å²) in [6.07, 6.45) is 0.892. The molecule has 8 heteroatoms. The van der Waals surface area contributed by atoms with E-state index in [-0.39, 0.29) is 5.56 Å². The molecule has 0 spiro atoms. The molecule has 0 atom stereocenters. The van der Waals surface area contributed by atoms with Crippen LogP contribution in [0.1, 0.15) is 34.6 Å². The van der Waals surface area contributed by atoms with Crippen molar-refractivity contribution in [1.29, 1.82) is 0 Å². The molecule has 3 aromatic heterocycles. The fourth-order valence-corrected chi connectivity index (χ4v) is 6.93. The fourth-order valence-electron chi connectivity index (χ4n) is 4.55. The third-order valence-corrected chi connectivity index (χ3v) is 8.62. The Morgan fingerprint density at radius 3 is 2.74 bits per heavy atom. The number of fused-ring (bicyclic) bond motifs is 3. The highest BCUT2D eigenvalue weighted by molar-refractivity contribution is 7.23. The second kappa shape index (κ2) is 8.71. The summed E-state index contributed by atoms with van der Waals surface area (Å²) in [5.74, 6) is -0.467. The minimum absolute atomic E-state index is 0.00544. The van der Waals surface area contributed by atoms with Crippen molar-refractivity contribution in [3.05, 3.63) is 81.0 Å². The quantitative estimate of drug-likeness (QED) is 0.299. The molecule has 0 bridgehead atoms. The van der Waals surface area contributed by atoms with Gasteiger partial charge in [-0.3, -0.25) is 9.69 Å². The average molecular weight is 502 g/mol. The van der Waals surface area contributed by atoms with Crippen molar-refractivity contribution in [1.82, 2.24) is 9.88 Å². The van der Waals surface area contributed by atoms with Crippen LogP contribution in [0.5, 0.6) is 0 Å². The van der Waals surface area contributed by atoms with Crippen LogP contribution in [0.15, 0.2) is 63.8 Å². The van der Waals surface area contributed by atoms with E-state index in [0.29, 0.717) is 17.0 Å². The molecule has 176 valence electrons. The fraction of sp³-hybridized carbons (Fsp3) is 0.222. The number of thiazole rings is 1. The zero-order valence-electron chi connectivity index (χ0n) is 19.3. The molecule has 6 nitrogen and oxygen atoms in total. The van der Waals surface area contributed by atoms with Crippen LogP contribution in [-0.4, -0.2) is 28.4 Å². The highest BCUT2D eigenvalue weighted by Crippen LogP contribution is 2.46. The van der Waals surface area contributed by atoms with Crippen LogP contribution in [0, 0.1) is 0 Å². The molecule has 0 saturated heterocycles. The predicted octanol–water partition coefficient (Wildman–Crippen LogP) is 6.15. The van der Waals surface area contributed by atoms with Gasteiger partial charge >= 0.3 is 5.63 Å². The molecular formula is C27H23N3O3S2. The van der Waals surface area contributed by atoms with Crippen molar-refractivity contribution in [2.45, 2.75) is 32.9 Å². The molecule has 1 aliphatic heterocycles. The molecule has 1 amide bonds. The average Bonchev–Trinajstić information content (AvgIpc) is 3.43. The van der Waals surface area contributed by atoms with E-state index in [1.807, 2.05) is 30.3 Å². The summed E-state index contributed by atoms with van der Waals surface area (Å²) in [7, 11) is 0. The second-order valence-corrected chi connectivity index (χ2v) is 11.1. The number of anilines is 1. The summed E-state index contributed by atoms with van der Waals surface area (Å²) in [5.41, 5.74) is 2.98. The maximum absolute atomic E-state index is 13.3. The Bertz CT molecular complexity index is 1610. The van der Waals surface area contributed by atoms with Crippen molar-refractivity contribution >= 4 is 54.8 Å². The van der Waals surface area contributed by atoms with Crippen molar-refractivity contribution in [2.75, 3.05) is 11.9 Å². The molecule has 6 rings (SSSR count). The van der Waals surface area contributed by atoms with Crippen LogP contribution in [0.3, 0.4) is 0 Å². The summed E-state index contributed by atoms with van der Waals surface area (Å²) in [4.78, 5) is 34.5. The smallest absolute Gasteiger partial charge is 0.349 e. The molecule has 35 heavy (non-hydrogen) atoms. The predicted molar refractivity (Wildman–Crippen MR) is 143 cm³/mol. The molecule has 0 saturated carbocycles. The number of carbonyl (C=O) groups is 1. The Balaban J connectivity index is 1.44. The van der Waals surface area contributed by atoms with Crippen LogP contribution in [0.4, 0.5) is 5.00 Å². The minimum atomic E-state index is -0.643. The minimum Gasteiger partial charge on any atom is -0.422 e.